The number of fused-ring (bicyclic) bond motifs is 1. The van der Waals surface area contributed by atoms with Crippen LogP contribution in [-0.2, 0) is 12.3 Å². The third-order valence-corrected chi connectivity index (χ3v) is 7.02. The Hall–Kier alpha value is -2.94. The molecular formula is C25H30N4O3S. The number of hydrogen-bond acceptors (Lipinski definition) is 7. The fourth-order valence-electron chi connectivity index (χ4n) is 4.03. The quantitative estimate of drug-likeness (QED) is 0.496. The number of nitrogens with one attached hydrogen (secondary N) is 1. The molecule has 1 aliphatic heterocycles. The number of aryl methyl sites for hydroxylation is 1. The number of nitrogens with zero attached hydrogens (tertiary/aromatic N) is 3. The van der Waals surface area contributed by atoms with E-state index in [0.29, 0.717) is 37.4 Å². The molecule has 1 amide bonds. The van der Waals surface area contributed by atoms with Gasteiger partial charge in [-0.1, -0.05) is 12.1 Å². The summed E-state index contributed by atoms with van der Waals surface area (Å²) in [7, 11) is 3.85. The second-order valence-corrected chi connectivity index (χ2v) is 9.29. The Balaban J connectivity index is 1.53. The fraction of sp³-hybridized carbons (Fsp3) is 0.360. The molecule has 4 rings (SSSR count). The van der Waals surface area contributed by atoms with Crippen molar-refractivity contribution in [3.05, 3.63) is 75.7 Å². The van der Waals surface area contributed by atoms with Crippen molar-refractivity contribution in [3.63, 3.8) is 0 Å². The number of hydrogen-bond donors (Lipinski definition) is 2. The molecule has 2 N–H and O–H groups in total. The Kier molecular flexibility index (Phi) is 6.97. The van der Waals surface area contributed by atoms with Gasteiger partial charge < -0.3 is 25.0 Å². The number of pyridine rings is 1. The van der Waals surface area contributed by atoms with Crippen LogP contribution in [0.4, 0.5) is 5.69 Å². The van der Waals surface area contributed by atoms with Gasteiger partial charge in [-0.25, -0.2) is 0 Å². The molecule has 8 heteroatoms. The lowest BCUT2D eigenvalue weighted by atomic mass is 10.1. The molecule has 0 fully saturated rings. The van der Waals surface area contributed by atoms with Crippen LogP contribution < -0.4 is 15.0 Å². The highest BCUT2D eigenvalue weighted by Gasteiger charge is 2.33. The van der Waals surface area contributed by atoms with Gasteiger partial charge in [0.2, 0.25) is 5.79 Å². The second kappa shape index (κ2) is 9.91. The van der Waals surface area contributed by atoms with Gasteiger partial charge >= 0.3 is 0 Å². The third-order valence-electron chi connectivity index (χ3n) is 6.01. The van der Waals surface area contributed by atoms with Gasteiger partial charge in [-0.3, -0.25) is 9.78 Å². The van der Waals surface area contributed by atoms with Crippen molar-refractivity contribution < 1.29 is 14.6 Å². The zero-order chi connectivity index (χ0) is 23.4. The van der Waals surface area contributed by atoms with Crippen LogP contribution in [0.2, 0.25) is 0 Å². The average Bonchev–Trinajstić information content (AvgIpc) is 3.34. The number of aromatic nitrogens is 1. The first-order chi connectivity index (χ1) is 15.9. The highest BCUT2D eigenvalue weighted by atomic mass is 32.1. The number of carbonyl (C=O) groups is 1. The van der Waals surface area contributed by atoms with Gasteiger partial charge in [0.15, 0.2) is 0 Å². The Morgan fingerprint density at radius 1 is 1.27 bits per heavy atom. The zero-order valence-electron chi connectivity index (χ0n) is 19.2. The van der Waals surface area contributed by atoms with Crippen LogP contribution in [0.15, 0.2) is 54.2 Å². The standard InChI is InChI=1S/C25H30N4O3S/c1-18-15-20(32-25(31,9-11-26-2)23-5-4-14-33-23)7-6-19(18)17-29-13-12-28(3)22-8-10-27-16-21(22)24(29)30/h4-8,10,14-16,26,31H,9,11-13,17H2,1-3H3/t25-/m1/s1. The Labute approximate surface area is 198 Å². The van der Waals surface area contributed by atoms with Crippen molar-refractivity contribution >= 4 is 22.9 Å². The van der Waals surface area contributed by atoms with Crippen molar-refractivity contribution in [2.45, 2.75) is 25.7 Å². The molecule has 1 aliphatic rings. The number of ether oxygens (including phenoxy) is 1. The number of thiophene rings is 1. The smallest absolute Gasteiger partial charge is 0.257 e. The van der Waals surface area contributed by atoms with Crippen LogP contribution in [0.25, 0.3) is 0 Å². The first-order valence-corrected chi connectivity index (χ1v) is 11.9. The SMILES string of the molecule is CNCC[C@@](O)(Oc1ccc(CN2CCN(C)c3ccncc3C2=O)c(C)c1)c1cccs1. The largest absolute Gasteiger partial charge is 0.457 e. The monoisotopic (exact) mass is 466 g/mol. The summed E-state index contributed by atoms with van der Waals surface area (Å²) < 4.78 is 6.11. The van der Waals surface area contributed by atoms with Gasteiger partial charge in [-0.2, -0.15) is 0 Å². The lowest BCUT2D eigenvalue weighted by molar-refractivity contribution is -0.147. The number of aliphatic hydroxyl groups is 1. The number of anilines is 1. The Morgan fingerprint density at radius 3 is 2.85 bits per heavy atom. The molecule has 7 nitrogen and oxygen atoms in total. The molecule has 33 heavy (non-hydrogen) atoms. The number of carbonyl (C=O) groups excluding carboxylic acids is 1. The van der Waals surface area contributed by atoms with Crippen molar-refractivity contribution in [3.8, 4) is 5.75 Å². The van der Waals surface area contributed by atoms with Gasteiger partial charge in [-0.05, 0) is 54.7 Å². The van der Waals surface area contributed by atoms with Crippen LogP contribution in [-0.4, -0.2) is 54.6 Å². The lowest BCUT2D eigenvalue weighted by Gasteiger charge is -2.29. The van der Waals surface area contributed by atoms with Gasteiger partial charge in [0.25, 0.3) is 5.91 Å². The lowest BCUT2D eigenvalue weighted by Crippen LogP contribution is -2.35. The minimum atomic E-state index is -1.40. The van der Waals surface area contributed by atoms with Crippen molar-refractivity contribution in [2.75, 3.05) is 38.6 Å². The van der Waals surface area contributed by atoms with E-state index in [-0.39, 0.29) is 5.91 Å². The molecule has 174 valence electrons. The summed E-state index contributed by atoms with van der Waals surface area (Å²) >= 11 is 1.47. The van der Waals surface area contributed by atoms with E-state index in [4.69, 9.17) is 4.74 Å². The molecule has 0 bridgehead atoms. The predicted molar refractivity (Wildman–Crippen MR) is 131 cm³/mol. The number of rotatable bonds is 8. The van der Waals surface area contributed by atoms with Crippen LogP contribution in [0.3, 0.4) is 0 Å². The van der Waals surface area contributed by atoms with E-state index in [1.165, 1.54) is 11.3 Å². The third kappa shape index (κ3) is 5.03. The second-order valence-electron chi connectivity index (χ2n) is 8.35. The molecular weight excluding hydrogens is 436 g/mol. The van der Waals surface area contributed by atoms with Crippen LogP contribution in [0.5, 0.6) is 5.75 Å². The first kappa shape index (κ1) is 23.2. The van der Waals surface area contributed by atoms with E-state index in [2.05, 4.69) is 15.2 Å². The Bertz CT molecular complexity index is 1100. The molecule has 0 spiro atoms. The summed E-state index contributed by atoms with van der Waals surface area (Å²) in [5.41, 5.74) is 3.58. The molecule has 0 saturated carbocycles. The maximum Gasteiger partial charge on any atom is 0.257 e. The normalized spacial score (nSPS) is 15.7. The zero-order valence-corrected chi connectivity index (χ0v) is 20.1. The minimum Gasteiger partial charge on any atom is -0.457 e. The molecule has 1 aromatic carbocycles. The highest BCUT2D eigenvalue weighted by molar-refractivity contribution is 7.10. The summed E-state index contributed by atoms with van der Waals surface area (Å²) in [6.45, 7) is 4.51. The van der Waals surface area contributed by atoms with Crippen molar-refractivity contribution in [2.24, 2.45) is 0 Å². The summed E-state index contributed by atoms with van der Waals surface area (Å²) in [6.07, 6.45) is 3.79. The summed E-state index contributed by atoms with van der Waals surface area (Å²) in [4.78, 5) is 22.1. The van der Waals surface area contributed by atoms with E-state index < -0.39 is 5.79 Å². The molecule has 3 aromatic rings. The topological polar surface area (TPSA) is 77.9 Å². The van der Waals surface area contributed by atoms with Crippen LogP contribution in [0, 0.1) is 6.92 Å². The van der Waals surface area contributed by atoms with Gasteiger partial charge in [0, 0.05) is 52.0 Å². The van der Waals surface area contributed by atoms with Gasteiger partial charge in [-0.15, -0.1) is 11.3 Å². The van der Waals surface area contributed by atoms with Gasteiger partial charge in [0.1, 0.15) is 5.75 Å². The van der Waals surface area contributed by atoms with E-state index >= 15 is 0 Å². The molecule has 2 aromatic heterocycles. The molecule has 1 atom stereocenters. The van der Waals surface area contributed by atoms with Crippen LogP contribution in [0.1, 0.15) is 32.8 Å². The number of benzene rings is 1. The minimum absolute atomic E-state index is 0.0127. The van der Waals surface area contributed by atoms with E-state index in [1.54, 1.807) is 12.4 Å². The highest BCUT2D eigenvalue weighted by Crippen LogP contribution is 2.33. The average molecular weight is 467 g/mol. The summed E-state index contributed by atoms with van der Waals surface area (Å²) in [5.74, 6) is -0.811. The van der Waals surface area contributed by atoms with Crippen LogP contribution >= 0.6 is 11.3 Å². The first-order valence-electron chi connectivity index (χ1n) is 11.1. The summed E-state index contributed by atoms with van der Waals surface area (Å²) in [6, 6.07) is 11.4. The van der Waals surface area contributed by atoms with Crippen molar-refractivity contribution in [1.29, 1.82) is 0 Å². The Morgan fingerprint density at radius 2 is 2.12 bits per heavy atom. The van der Waals surface area contributed by atoms with E-state index in [0.717, 1.165) is 28.2 Å². The fourth-order valence-corrected chi connectivity index (χ4v) is 4.82. The molecule has 0 saturated heterocycles. The van der Waals surface area contributed by atoms with Gasteiger partial charge in [0.05, 0.1) is 16.1 Å². The summed E-state index contributed by atoms with van der Waals surface area (Å²) in [5, 5.41) is 16.3. The van der Waals surface area contributed by atoms with E-state index in [1.807, 2.05) is 67.7 Å². The molecule has 0 aliphatic carbocycles. The predicted octanol–water partition coefficient (Wildman–Crippen LogP) is 3.38. The van der Waals surface area contributed by atoms with E-state index in [9.17, 15) is 9.90 Å². The number of amides is 1. The molecule has 3 heterocycles. The maximum atomic E-state index is 13.2. The molecule has 0 radical (unpaired) electrons. The van der Waals surface area contributed by atoms with Crippen molar-refractivity contribution in [1.82, 2.24) is 15.2 Å². The number of likely N-dealkylation sites (N-methyl/N-ethyl adjacent to an activating group) is 1. The maximum absolute atomic E-state index is 13.2. The molecule has 0 unspecified atom stereocenters.